The largest absolute Gasteiger partial charge is 0.497 e. The number of anilines is 3. The number of rotatable bonds is 6. The van der Waals surface area contributed by atoms with Crippen molar-refractivity contribution in [2.24, 2.45) is 5.92 Å². The molecule has 1 atom stereocenters. The second kappa shape index (κ2) is 9.75. The molecule has 3 aromatic rings. The first-order valence-electron chi connectivity index (χ1n) is 10.4. The van der Waals surface area contributed by atoms with Crippen molar-refractivity contribution in [2.45, 2.75) is 6.42 Å². The van der Waals surface area contributed by atoms with Gasteiger partial charge in [-0.25, -0.2) is 0 Å². The van der Waals surface area contributed by atoms with Crippen molar-refractivity contribution >= 4 is 46.4 Å². The van der Waals surface area contributed by atoms with Gasteiger partial charge >= 0.3 is 0 Å². The third-order valence-corrected chi connectivity index (χ3v) is 5.76. The minimum absolute atomic E-state index is 0.0891. The number of carbonyl (C=O) groups is 3. The molecule has 1 aliphatic heterocycles. The van der Waals surface area contributed by atoms with Gasteiger partial charge < -0.3 is 20.3 Å². The van der Waals surface area contributed by atoms with Crippen LogP contribution in [0.25, 0.3) is 0 Å². The number of nitrogens with zero attached hydrogens (tertiary/aromatic N) is 1. The Labute approximate surface area is 196 Å². The molecule has 1 aliphatic rings. The predicted molar refractivity (Wildman–Crippen MR) is 128 cm³/mol. The smallest absolute Gasteiger partial charge is 0.257 e. The van der Waals surface area contributed by atoms with E-state index < -0.39 is 11.8 Å². The van der Waals surface area contributed by atoms with Crippen molar-refractivity contribution in [2.75, 3.05) is 29.2 Å². The summed E-state index contributed by atoms with van der Waals surface area (Å²) >= 11 is 6.13. The number of amides is 3. The molecule has 8 heteroatoms. The zero-order valence-electron chi connectivity index (χ0n) is 17.9. The Bertz CT molecular complexity index is 1200. The van der Waals surface area contributed by atoms with Gasteiger partial charge in [-0.3, -0.25) is 14.4 Å². The molecule has 3 aromatic carbocycles. The molecule has 7 nitrogen and oxygen atoms in total. The molecule has 0 aromatic heterocycles. The summed E-state index contributed by atoms with van der Waals surface area (Å²) in [6.07, 6.45) is 0.0891. The third kappa shape index (κ3) is 4.99. The Hall–Kier alpha value is -3.84. The van der Waals surface area contributed by atoms with Crippen molar-refractivity contribution in [3.05, 3.63) is 83.4 Å². The normalized spacial score (nSPS) is 15.3. The second-order valence-electron chi connectivity index (χ2n) is 7.57. The van der Waals surface area contributed by atoms with Crippen molar-refractivity contribution in [1.82, 2.24) is 0 Å². The van der Waals surface area contributed by atoms with E-state index in [9.17, 15) is 14.4 Å². The lowest BCUT2D eigenvalue weighted by Gasteiger charge is -2.17. The van der Waals surface area contributed by atoms with E-state index in [2.05, 4.69) is 10.6 Å². The van der Waals surface area contributed by atoms with Gasteiger partial charge in [0.15, 0.2) is 0 Å². The molecule has 4 rings (SSSR count). The van der Waals surface area contributed by atoms with Gasteiger partial charge in [0, 0.05) is 18.7 Å². The monoisotopic (exact) mass is 463 g/mol. The maximum absolute atomic E-state index is 13.0. The molecule has 168 valence electrons. The highest BCUT2D eigenvalue weighted by atomic mass is 35.5. The van der Waals surface area contributed by atoms with E-state index in [1.807, 2.05) is 0 Å². The molecule has 0 spiro atoms. The fraction of sp³-hybridized carbons (Fsp3) is 0.160. The molecule has 0 radical (unpaired) electrons. The summed E-state index contributed by atoms with van der Waals surface area (Å²) in [5.74, 6) is -0.713. The highest BCUT2D eigenvalue weighted by molar-refractivity contribution is 6.34. The SMILES string of the molecule is COc1ccc(N2CC(C(=O)Nc3ccccc3C(=O)Nc3ccccc3Cl)CC2=O)cc1. The van der Waals surface area contributed by atoms with Crippen LogP contribution in [0.2, 0.25) is 5.02 Å². The van der Waals surface area contributed by atoms with Crippen LogP contribution in [0.5, 0.6) is 5.75 Å². The lowest BCUT2D eigenvalue weighted by molar-refractivity contribution is -0.122. The van der Waals surface area contributed by atoms with E-state index in [1.54, 1.807) is 84.8 Å². The van der Waals surface area contributed by atoms with Gasteiger partial charge in [0.05, 0.1) is 35.0 Å². The first kappa shape index (κ1) is 22.4. The molecule has 0 aliphatic carbocycles. The second-order valence-corrected chi connectivity index (χ2v) is 7.98. The number of hydrogen-bond acceptors (Lipinski definition) is 4. The Balaban J connectivity index is 1.46. The van der Waals surface area contributed by atoms with Crippen LogP contribution < -0.4 is 20.3 Å². The average Bonchev–Trinajstić information content (AvgIpc) is 3.22. The minimum atomic E-state index is -0.542. The van der Waals surface area contributed by atoms with Gasteiger partial charge in [0.2, 0.25) is 11.8 Å². The van der Waals surface area contributed by atoms with E-state index in [1.165, 1.54) is 0 Å². The third-order valence-electron chi connectivity index (χ3n) is 5.43. The highest BCUT2D eigenvalue weighted by Gasteiger charge is 2.35. The van der Waals surface area contributed by atoms with Crippen LogP contribution in [0.3, 0.4) is 0 Å². The molecule has 1 heterocycles. The van der Waals surface area contributed by atoms with E-state index >= 15 is 0 Å². The first-order valence-corrected chi connectivity index (χ1v) is 10.7. The van der Waals surface area contributed by atoms with E-state index in [4.69, 9.17) is 16.3 Å². The molecule has 2 N–H and O–H groups in total. The number of nitrogens with one attached hydrogen (secondary N) is 2. The van der Waals surface area contributed by atoms with Gasteiger partial charge in [-0.2, -0.15) is 0 Å². The summed E-state index contributed by atoms with van der Waals surface area (Å²) in [5.41, 5.74) is 1.84. The lowest BCUT2D eigenvalue weighted by atomic mass is 10.1. The lowest BCUT2D eigenvalue weighted by Crippen LogP contribution is -2.28. The fourth-order valence-electron chi connectivity index (χ4n) is 3.67. The number of halogens is 1. The van der Waals surface area contributed by atoms with Crippen LogP contribution in [0.4, 0.5) is 17.1 Å². The summed E-state index contributed by atoms with van der Waals surface area (Å²) in [7, 11) is 1.57. The Morgan fingerprint density at radius 1 is 0.939 bits per heavy atom. The predicted octanol–water partition coefficient (Wildman–Crippen LogP) is 4.59. The molecule has 3 amide bonds. The quantitative estimate of drug-likeness (QED) is 0.559. The summed E-state index contributed by atoms with van der Waals surface area (Å²) in [5, 5.41) is 5.99. The fourth-order valence-corrected chi connectivity index (χ4v) is 3.86. The maximum Gasteiger partial charge on any atom is 0.257 e. The van der Waals surface area contributed by atoms with Gasteiger partial charge in [0.1, 0.15) is 5.75 Å². The summed E-state index contributed by atoms with van der Waals surface area (Å²) in [4.78, 5) is 39.9. The Morgan fingerprint density at radius 2 is 1.61 bits per heavy atom. The van der Waals surface area contributed by atoms with Gasteiger partial charge in [-0.1, -0.05) is 35.9 Å². The first-order chi connectivity index (χ1) is 16.0. The molecular weight excluding hydrogens is 442 g/mol. The number of methoxy groups -OCH3 is 1. The van der Waals surface area contributed by atoms with Crippen molar-refractivity contribution in [3.63, 3.8) is 0 Å². The minimum Gasteiger partial charge on any atom is -0.497 e. The van der Waals surface area contributed by atoms with Gasteiger partial charge in [-0.15, -0.1) is 0 Å². The number of carbonyl (C=O) groups excluding carboxylic acids is 3. The van der Waals surface area contributed by atoms with Crippen LogP contribution in [0.1, 0.15) is 16.8 Å². The number of hydrogen-bond donors (Lipinski definition) is 2. The highest BCUT2D eigenvalue weighted by Crippen LogP contribution is 2.28. The van der Waals surface area contributed by atoms with Crippen LogP contribution in [-0.4, -0.2) is 31.4 Å². The average molecular weight is 464 g/mol. The van der Waals surface area contributed by atoms with Crippen molar-refractivity contribution < 1.29 is 19.1 Å². The number of benzene rings is 3. The molecule has 1 fully saturated rings. The molecule has 1 unspecified atom stereocenters. The number of ether oxygens (including phenoxy) is 1. The molecule has 0 saturated carbocycles. The Morgan fingerprint density at radius 3 is 2.30 bits per heavy atom. The Kier molecular flexibility index (Phi) is 6.60. The van der Waals surface area contributed by atoms with Crippen molar-refractivity contribution in [3.8, 4) is 5.75 Å². The van der Waals surface area contributed by atoms with Gasteiger partial charge in [-0.05, 0) is 48.5 Å². The van der Waals surface area contributed by atoms with E-state index in [-0.39, 0.29) is 24.8 Å². The van der Waals surface area contributed by atoms with Crippen LogP contribution in [0.15, 0.2) is 72.8 Å². The van der Waals surface area contributed by atoms with Crippen LogP contribution in [-0.2, 0) is 9.59 Å². The van der Waals surface area contributed by atoms with Crippen LogP contribution >= 0.6 is 11.6 Å². The molecule has 33 heavy (non-hydrogen) atoms. The standard InChI is InChI=1S/C25H22ClN3O4/c1-33-18-12-10-17(11-13-18)29-15-16(14-23(29)30)24(31)27-21-8-4-2-6-19(21)25(32)28-22-9-5-3-7-20(22)26/h2-13,16H,14-15H2,1H3,(H,27,31)(H,28,32). The zero-order valence-corrected chi connectivity index (χ0v) is 18.6. The molecular formula is C25H22ClN3O4. The van der Waals surface area contributed by atoms with E-state index in [0.717, 1.165) is 0 Å². The molecule has 0 bridgehead atoms. The molecule has 1 saturated heterocycles. The maximum atomic E-state index is 13.0. The van der Waals surface area contributed by atoms with Crippen molar-refractivity contribution in [1.29, 1.82) is 0 Å². The zero-order chi connectivity index (χ0) is 23.4. The van der Waals surface area contributed by atoms with Crippen LogP contribution in [0, 0.1) is 5.92 Å². The number of para-hydroxylation sites is 2. The summed E-state index contributed by atoms with van der Waals surface area (Å²) in [6.45, 7) is 0.255. The summed E-state index contributed by atoms with van der Waals surface area (Å²) < 4.78 is 5.15. The van der Waals surface area contributed by atoms with E-state index in [0.29, 0.717) is 33.4 Å². The van der Waals surface area contributed by atoms with Gasteiger partial charge in [0.25, 0.3) is 5.91 Å². The topological polar surface area (TPSA) is 87.7 Å². The summed E-state index contributed by atoms with van der Waals surface area (Å²) in [6, 6.07) is 20.7.